The summed E-state index contributed by atoms with van der Waals surface area (Å²) in [6.07, 6.45) is 1.53. The van der Waals surface area contributed by atoms with Crippen molar-refractivity contribution in [2.75, 3.05) is 5.32 Å². The van der Waals surface area contributed by atoms with Crippen molar-refractivity contribution >= 4 is 60.5 Å². The number of allylic oxidation sites excluding steroid dienone is 1. The van der Waals surface area contributed by atoms with E-state index in [9.17, 15) is 14.9 Å². The topological polar surface area (TPSA) is 109 Å². The van der Waals surface area contributed by atoms with Crippen molar-refractivity contribution in [3.8, 4) is 17.3 Å². The molecule has 3 heterocycles. The van der Waals surface area contributed by atoms with Crippen LogP contribution in [0.3, 0.4) is 0 Å². The van der Waals surface area contributed by atoms with Gasteiger partial charge < -0.3 is 14.2 Å². The number of rotatable bonds is 4. The second-order valence-electron chi connectivity index (χ2n) is 7.44. The molecule has 0 unspecified atom stereocenters. The van der Waals surface area contributed by atoms with Crippen LogP contribution in [0.2, 0.25) is 0 Å². The fourth-order valence-corrected chi connectivity index (χ4v) is 4.67. The van der Waals surface area contributed by atoms with E-state index in [1.807, 2.05) is 25.1 Å². The number of nitriles is 1. The number of anilines is 1. The molecule has 5 aromatic rings. The molecule has 0 saturated carbocycles. The Morgan fingerprint density at radius 1 is 1.12 bits per heavy atom. The van der Waals surface area contributed by atoms with Crippen LogP contribution in [0.4, 0.5) is 5.69 Å². The Balaban J connectivity index is 1.46. The number of halogens is 1. The van der Waals surface area contributed by atoms with Gasteiger partial charge in [-0.25, -0.2) is 14.6 Å². The summed E-state index contributed by atoms with van der Waals surface area (Å²) in [6, 6.07) is 16.0. The molecule has 9 heteroatoms. The number of nitrogens with zero attached hydrogens (tertiary/aromatic N) is 2. The molecule has 0 saturated heterocycles. The van der Waals surface area contributed by atoms with E-state index in [0.717, 1.165) is 20.8 Å². The van der Waals surface area contributed by atoms with E-state index in [0.29, 0.717) is 33.1 Å². The van der Waals surface area contributed by atoms with E-state index in [-0.39, 0.29) is 5.57 Å². The fraction of sp³-hybridized carbons (Fsp3) is 0.0400. The van der Waals surface area contributed by atoms with Gasteiger partial charge >= 0.3 is 11.3 Å². The Bertz CT molecular complexity index is 1780. The average Bonchev–Trinajstić information content (AvgIpc) is 3.28. The minimum Gasteiger partial charge on any atom is -0.423 e. The first-order valence-corrected chi connectivity index (χ1v) is 11.7. The van der Waals surface area contributed by atoms with Gasteiger partial charge in [-0.15, -0.1) is 11.3 Å². The largest absolute Gasteiger partial charge is 0.423 e. The van der Waals surface area contributed by atoms with Crippen molar-refractivity contribution in [2.24, 2.45) is 0 Å². The predicted molar refractivity (Wildman–Crippen MR) is 136 cm³/mol. The molecule has 0 amide bonds. The summed E-state index contributed by atoms with van der Waals surface area (Å²) in [5.41, 5.74) is 2.52. The van der Waals surface area contributed by atoms with Crippen molar-refractivity contribution in [3.63, 3.8) is 0 Å². The molecule has 34 heavy (non-hydrogen) atoms. The summed E-state index contributed by atoms with van der Waals surface area (Å²) in [4.78, 5) is 28.6. The van der Waals surface area contributed by atoms with Crippen LogP contribution in [0.15, 0.2) is 83.0 Å². The molecule has 0 aliphatic carbocycles. The van der Waals surface area contributed by atoms with Crippen LogP contribution in [0.1, 0.15) is 10.6 Å². The second kappa shape index (κ2) is 8.74. The van der Waals surface area contributed by atoms with E-state index >= 15 is 0 Å². The first-order valence-electron chi connectivity index (χ1n) is 10.0. The summed E-state index contributed by atoms with van der Waals surface area (Å²) in [7, 11) is 0. The van der Waals surface area contributed by atoms with Gasteiger partial charge in [-0.3, -0.25) is 0 Å². The third kappa shape index (κ3) is 4.17. The normalized spacial score (nSPS) is 11.6. The van der Waals surface area contributed by atoms with Gasteiger partial charge in [0.05, 0.1) is 11.3 Å². The average molecular weight is 532 g/mol. The van der Waals surface area contributed by atoms with E-state index in [1.54, 1.807) is 29.6 Å². The molecular formula is C25H14BrN3O4S. The Morgan fingerprint density at radius 2 is 1.97 bits per heavy atom. The third-order valence-electron chi connectivity index (χ3n) is 5.16. The van der Waals surface area contributed by atoms with Crippen molar-refractivity contribution < 1.29 is 8.83 Å². The second-order valence-corrected chi connectivity index (χ2v) is 9.21. The van der Waals surface area contributed by atoms with Crippen molar-refractivity contribution in [3.05, 3.63) is 96.0 Å². The zero-order chi connectivity index (χ0) is 23.8. The molecular weight excluding hydrogens is 518 g/mol. The molecule has 0 fully saturated rings. The van der Waals surface area contributed by atoms with Crippen LogP contribution in [0.5, 0.6) is 0 Å². The zero-order valence-corrected chi connectivity index (χ0v) is 20.0. The highest BCUT2D eigenvalue weighted by Gasteiger charge is 2.14. The maximum absolute atomic E-state index is 12.5. The van der Waals surface area contributed by atoms with Gasteiger partial charge in [0.15, 0.2) is 0 Å². The van der Waals surface area contributed by atoms with E-state index in [1.165, 1.54) is 23.6 Å². The molecule has 0 spiro atoms. The standard InChI is InChI=1S/C25H14BrN3O4S/c1-13-6-23(30)32-22-9-17(3-4-18(13)22)28-11-15(10-27)24-29-20(12-34-24)19-8-14-7-16(26)2-5-21(14)33-25(19)31/h2-9,11-12,28H,1H3/b15-11+. The van der Waals surface area contributed by atoms with Gasteiger partial charge in [-0.1, -0.05) is 15.9 Å². The summed E-state index contributed by atoms with van der Waals surface area (Å²) in [6.45, 7) is 1.84. The van der Waals surface area contributed by atoms with Crippen LogP contribution < -0.4 is 16.6 Å². The molecule has 0 aliphatic rings. The van der Waals surface area contributed by atoms with Crippen molar-refractivity contribution in [2.45, 2.75) is 6.92 Å². The molecule has 5 rings (SSSR count). The number of thiazole rings is 1. The first kappa shape index (κ1) is 21.8. The maximum atomic E-state index is 12.5. The summed E-state index contributed by atoms with van der Waals surface area (Å²) in [5, 5.41) is 16.5. The number of fused-ring (bicyclic) bond motifs is 2. The zero-order valence-electron chi connectivity index (χ0n) is 17.6. The third-order valence-corrected chi connectivity index (χ3v) is 6.53. The van der Waals surface area contributed by atoms with Crippen LogP contribution in [-0.4, -0.2) is 4.98 Å². The quantitative estimate of drug-likeness (QED) is 0.221. The monoisotopic (exact) mass is 531 g/mol. The van der Waals surface area contributed by atoms with Crippen molar-refractivity contribution in [1.29, 1.82) is 5.26 Å². The lowest BCUT2D eigenvalue weighted by Gasteiger charge is -2.05. The lowest BCUT2D eigenvalue weighted by molar-refractivity contribution is 0.560. The minimum absolute atomic E-state index is 0.287. The Morgan fingerprint density at radius 3 is 2.79 bits per heavy atom. The van der Waals surface area contributed by atoms with Gasteiger partial charge in [0.1, 0.15) is 27.8 Å². The first-order chi connectivity index (χ1) is 16.4. The summed E-state index contributed by atoms with van der Waals surface area (Å²) < 4.78 is 11.6. The van der Waals surface area contributed by atoms with Gasteiger partial charge in [0.2, 0.25) is 0 Å². The molecule has 0 aliphatic heterocycles. The lowest BCUT2D eigenvalue weighted by Crippen LogP contribution is -2.03. The van der Waals surface area contributed by atoms with E-state index in [4.69, 9.17) is 8.83 Å². The van der Waals surface area contributed by atoms with Gasteiger partial charge in [-0.05, 0) is 48.9 Å². The molecule has 0 radical (unpaired) electrons. The number of hydrogen-bond donors (Lipinski definition) is 1. The molecule has 0 bridgehead atoms. The lowest BCUT2D eigenvalue weighted by atomic mass is 10.1. The summed E-state index contributed by atoms with van der Waals surface area (Å²) >= 11 is 4.66. The van der Waals surface area contributed by atoms with Gasteiger partial charge in [0, 0.05) is 44.6 Å². The number of aryl methyl sites for hydroxylation is 1. The minimum atomic E-state index is -0.500. The fourth-order valence-electron chi connectivity index (χ4n) is 3.51. The highest BCUT2D eigenvalue weighted by Crippen LogP contribution is 2.28. The van der Waals surface area contributed by atoms with E-state index in [2.05, 4.69) is 32.3 Å². The number of benzene rings is 2. The molecule has 1 N–H and O–H groups in total. The highest BCUT2D eigenvalue weighted by molar-refractivity contribution is 9.10. The van der Waals surface area contributed by atoms with Crippen LogP contribution in [0.25, 0.3) is 38.8 Å². The Labute approximate surface area is 204 Å². The summed E-state index contributed by atoms with van der Waals surface area (Å²) in [5.74, 6) is 0. The van der Waals surface area contributed by atoms with Gasteiger partial charge in [-0.2, -0.15) is 5.26 Å². The molecule has 7 nitrogen and oxygen atoms in total. The molecule has 2 aromatic carbocycles. The number of aromatic nitrogens is 1. The molecule has 0 atom stereocenters. The molecule has 3 aromatic heterocycles. The number of nitrogens with one attached hydrogen (secondary N) is 1. The SMILES string of the molecule is Cc1cc(=O)oc2cc(N/C=C(\C#N)c3nc(-c4cc5cc(Br)ccc5oc4=O)cs3)ccc12. The van der Waals surface area contributed by atoms with Crippen LogP contribution in [0, 0.1) is 18.3 Å². The smallest absolute Gasteiger partial charge is 0.345 e. The maximum Gasteiger partial charge on any atom is 0.345 e. The van der Waals surface area contributed by atoms with Crippen molar-refractivity contribution in [1.82, 2.24) is 4.98 Å². The predicted octanol–water partition coefficient (Wildman–Crippen LogP) is 6.07. The molecule has 166 valence electrons. The highest BCUT2D eigenvalue weighted by atomic mass is 79.9. The van der Waals surface area contributed by atoms with E-state index < -0.39 is 11.3 Å². The Kier molecular flexibility index (Phi) is 5.61. The number of hydrogen-bond acceptors (Lipinski definition) is 8. The van der Waals surface area contributed by atoms with Gasteiger partial charge in [0.25, 0.3) is 0 Å². The Hall–Kier alpha value is -4.00. The van der Waals surface area contributed by atoms with Crippen LogP contribution >= 0.6 is 27.3 Å². The van der Waals surface area contributed by atoms with Crippen LogP contribution in [-0.2, 0) is 0 Å².